The van der Waals surface area contributed by atoms with E-state index < -0.39 is 0 Å². The van der Waals surface area contributed by atoms with Gasteiger partial charge in [0.1, 0.15) is 0 Å². The van der Waals surface area contributed by atoms with Gasteiger partial charge in [-0.05, 0) is 42.8 Å². The predicted octanol–water partition coefficient (Wildman–Crippen LogP) is 5.39. The second-order valence-electron chi connectivity index (χ2n) is 5.61. The van der Waals surface area contributed by atoms with Crippen LogP contribution in [0, 0.1) is 13.8 Å². The maximum absolute atomic E-state index is 3.47. The van der Waals surface area contributed by atoms with Crippen LogP contribution >= 0.6 is 11.3 Å². The van der Waals surface area contributed by atoms with Crippen LogP contribution in [0.1, 0.15) is 22.7 Å². The summed E-state index contributed by atoms with van der Waals surface area (Å²) in [7, 11) is 0. The molecule has 2 aromatic carbocycles. The van der Waals surface area contributed by atoms with Gasteiger partial charge in [-0.15, -0.1) is 11.3 Å². The molecule has 3 aromatic rings. The maximum atomic E-state index is 3.47. The molecule has 1 N–H and O–H groups in total. The van der Waals surface area contributed by atoms with Crippen molar-refractivity contribution in [3.63, 3.8) is 0 Å². The van der Waals surface area contributed by atoms with Crippen LogP contribution in [0.2, 0.25) is 0 Å². The Bertz CT molecular complexity index is 899. The SMILES string of the molecule is Cc1ccc2c(sc3c(C)cccc32)c1C1C=CC=CN1. The fourth-order valence-corrected chi connectivity index (χ4v) is 4.54. The monoisotopic (exact) mass is 291 g/mol. The minimum Gasteiger partial charge on any atom is -0.381 e. The van der Waals surface area contributed by atoms with E-state index >= 15 is 0 Å². The quantitative estimate of drug-likeness (QED) is 0.634. The smallest absolute Gasteiger partial charge is 0.0712 e. The minimum absolute atomic E-state index is 0.270. The van der Waals surface area contributed by atoms with Crippen molar-refractivity contribution < 1.29 is 0 Å². The second kappa shape index (κ2) is 4.74. The molecule has 0 aliphatic carbocycles. The van der Waals surface area contributed by atoms with Gasteiger partial charge in [0.15, 0.2) is 0 Å². The fraction of sp³-hybridized carbons (Fsp3) is 0.158. The third kappa shape index (κ3) is 1.90. The highest BCUT2D eigenvalue weighted by Gasteiger charge is 2.17. The molecule has 2 heterocycles. The number of fused-ring (bicyclic) bond motifs is 3. The van der Waals surface area contributed by atoms with E-state index in [0.717, 1.165) is 0 Å². The first kappa shape index (κ1) is 12.7. The summed E-state index contributed by atoms with van der Waals surface area (Å²) in [6, 6.07) is 11.4. The number of hydrogen-bond donors (Lipinski definition) is 1. The van der Waals surface area contributed by atoms with E-state index in [1.807, 2.05) is 23.6 Å². The van der Waals surface area contributed by atoms with Crippen molar-refractivity contribution in [2.24, 2.45) is 0 Å². The molecule has 1 aromatic heterocycles. The predicted molar refractivity (Wildman–Crippen MR) is 93.0 cm³/mol. The standard InChI is InChI=1S/C19H17NS/c1-12-9-10-15-14-7-5-6-13(2)18(14)21-19(15)17(12)16-8-3-4-11-20-16/h3-11,16,20H,1-2H3. The summed E-state index contributed by atoms with van der Waals surface area (Å²) in [5.41, 5.74) is 4.13. The van der Waals surface area contributed by atoms with Crippen molar-refractivity contribution in [3.05, 3.63) is 71.5 Å². The van der Waals surface area contributed by atoms with Crippen molar-refractivity contribution >= 4 is 31.5 Å². The first-order valence-electron chi connectivity index (χ1n) is 7.26. The van der Waals surface area contributed by atoms with E-state index in [2.05, 4.69) is 61.6 Å². The van der Waals surface area contributed by atoms with Crippen LogP contribution in [0.5, 0.6) is 0 Å². The molecule has 2 heteroatoms. The highest BCUT2D eigenvalue weighted by molar-refractivity contribution is 7.26. The number of aryl methyl sites for hydroxylation is 2. The molecule has 104 valence electrons. The molecule has 1 aliphatic heterocycles. The third-order valence-corrected chi connectivity index (χ3v) is 5.61. The third-order valence-electron chi connectivity index (χ3n) is 4.22. The van der Waals surface area contributed by atoms with Crippen LogP contribution in [0.3, 0.4) is 0 Å². The molecule has 0 bridgehead atoms. The summed E-state index contributed by atoms with van der Waals surface area (Å²) < 4.78 is 2.83. The molecule has 0 fully saturated rings. The number of thiophene rings is 1. The summed E-state index contributed by atoms with van der Waals surface area (Å²) in [5, 5.41) is 6.23. The van der Waals surface area contributed by atoms with E-state index in [1.165, 1.54) is 36.9 Å². The van der Waals surface area contributed by atoms with E-state index in [-0.39, 0.29) is 6.04 Å². The normalized spacial score (nSPS) is 17.5. The molecule has 1 unspecified atom stereocenters. The van der Waals surface area contributed by atoms with Gasteiger partial charge in [-0.2, -0.15) is 0 Å². The maximum Gasteiger partial charge on any atom is 0.0712 e. The molecular weight excluding hydrogens is 274 g/mol. The van der Waals surface area contributed by atoms with Gasteiger partial charge < -0.3 is 5.32 Å². The Hall–Kier alpha value is -2.06. The van der Waals surface area contributed by atoms with E-state index in [0.29, 0.717) is 0 Å². The Morgan fingerprint density at radius 3 is 2.57 bits per heavy atom. The van der Waals surface area contributed by atoms with E-state index in [1.54, 1.807) is 0 Å². The van der Waals surface area contributed by atoms with Crippen molar-refractivity contribution in [1.82, 2.24) is 5.32 Å². The fourth-order valence-electron chi connectivity index (χ4n) is 3.13. The molecule has 1 nitrogen and oxygen atoms in total. The van der Waals surface area contributed by atoms with Gasteiger partial charge in [-0.1, -0.05) is 42.5 Å². The second-order valence-corrected chi connectivity index (χ2v) is 6.64. The van der Waals surface area contributed by atoms with Crippen LogP contribution in [-0.2, 0) is 0 Å². The van der Waals surface area contributed by atoms with Gasteiger partial charge in [0.25, 0.3) is 0 Å². The lowest BCUT2D eigenvalue weighted by atomic mass is 9.97. The van der Waals surface area contributed by atoms with Crippen molar-refractivity contribution in [2.45, 2.75) is 19.9 Å². The lowest BCUT2D eigenvalue weighted by Crippen LogP contribution is -2.16. The van der Waals surface area contributed by atoms with Crippen LogP contribution < -0.4 is 5.32 Å². The van der Waals surface area contributed by atoms with Gasteiger partial charge in [0, 0.05) is 20.2 Å². The van der Waals surface area contributed by atoms with E-state index in [4.69, 9.17) is 0 Å². The molecule has 1 aliphatic rings. The largest absolute Gasteiger partial charge is 0.381 e. The zero-order chi connectivity index (χ0) is 14.4. The lowest BCUT2D eigenvalue weighted by Gasteiger charge is -2.19. The first-order chi connectivity index (χ1) is 10.3. The summed E-state index contributed by atoms with van der Waals surface area (Å²) in [6.45, 7) is 4.41. The van der Waals surface area contributed by atoms with Gasteiger partial charge in [0.2, 0.25) is 0 Å². The Balaban J connectivity index is 2.07. The average molecular weight is 291 g/mol. The summed E-state index contributed by atoms with van der Waals surface area (Å²) in [4.78, 5) is 0. The average Bonchev–Trinajstić information content (AvgIpc) is 2.88. The Labute approximate surface area is 128 Å². The molecule has 0 spiro atoms. The lowest BCUT2D eigenvalue weighted by molar-refractivity contribution is 0.748. The number of allylic oxidation sites excluding steroid dienone is 2. The molecule has 0 saturated heterocycles. The highest BCUT2D eigenvalue weighted by Crippen LogP contribution is 2.41. The molecule has 1 atom stereocenters. The molecule has 0 radical (unpaired) electrons. The van der Waals surface area contributed by atoms with Crippen LogP contribution in [-0.4, -0.2) is 0 Å². The van der Waals surface area contributed by atoms with Gasteiger partial charge in [-0.25, -0.2) is 0 Å². The first-order valence-corrected chi connectivity index (χ1v) is 8.08. The van der Waals surface area contributed by atoms with Crippen molar-refractivity contribution in [2.75, 3.05) is 0 Å². The number of dihydropyridines is 1. The Kier molecular flexibility index (Phi) is 2.86. The van der Waals surface area contributed by atoms with Gasteiger partial charge in [-0.3, -0.25) is 0 Å². The highest BCUT2D eigenvalue weighted by atomic mass is 32.1. The molecule has 21 heavy (non-hydrogen) atoms. The number of rotatable bonds is 1. The number of nitrogens with one attached hydrogen (secondary N) is 1. The topological polar surface area (TPSA) is 12.0 Å². The Morgan fingerprint density at radius 1 is 0.905 bits per heavy atom. The van der Waals surface area contributed by atoms with Crippen LogP contribution in [0.25, 0.3) is 20.2 Å². The van der Waals surface area contributed by atoms with E-state index in [9.17, 15) is 0 Å². The molecular formula is C19H17NS. The molecule has 0 saturated carbocycles. The van der Waals surface area contributed by atoms with Crippen LogP contribution in [0.15, 0.2) is 54.8 Å². The zero-order valence-corrected chi connectivity index (χ0v) is 13.0. The zero-order valence-electron chi connectivity index (χ0n) is 12.2. The van der Waals surface area contributed by atoms with Crippen molar-refractivity contribution in [3.8, 4) is 0 Å². The number of hydrogen-bond acceptors (Lipinski definition) is 2. The summed E-state index contributed by atoms with van der Waals surface area (Å²) >= 11 is 1.92. The summed E-state index contributed by atoms with van der Waals surface area (Å²) in [5.74, 6) is 0. The van der Waals surface area contributed by atoms with Gasteiger partial charge in [0.05, 0.1) is 6.04 Å². The molecule has 4 rings (SSSR count). The summed E-state index contributed by atoms with van der Waals surface area (Å²) in [6.07, 6.45) is 8.43. The minimum atomic E-state index is 0.270. The Morgan fingerprint density at radius 2 is 1.76 bits per heavy atom. The van der Waals surface area contributed by atoms with Gasteiger partial charge >= 0.3 is 0 Å². The number of benzene rings is 2. The molecule has 0 amide bonds. The van der Waals surface area contributed by atoms with Crippen LogP contribution in [0.4, 0.5) is 0 Å². The van der Waals surface area contributed by atoms with Crippen molar-refractivity contribution in [1.29, 1.82) is 0 Å².